The van der Waals surface area contributed by atoms with Gasteiger partial charge in [0.05, 0.1) is 6.61 Å². The number of hydrogen-bond acceptors (Lipinski definition) is 5. The van der Waals surface area contributed by atoms with Crippen molar-refractivity contribution in [1.29, 1.82) is 0 Å². The average molecular weight is 336 g/mol. The summed E-state index contributed by atoms with van der Waals surface area (Å²) in [5, 5.41) is 14.7. The quantitative estimate of drug-likeness (QED) is 0.879. The first-order valence-corrected chi connectivity index (χ1v) is 8.20. The lowest BCUT2D eigenvalue weighted by Gasteiger charge is -2.08. The summed E-state index contributed by atoms with van der Waals surface area (Å²) in [6.45, 7) is 2.05. The van der Waals surface area contributed by atoms with Crippen molar-refractivity contribution in [1.82, 2.24) is 15.5 Å². The topological polar surface area (TPSA) is 76.1 Å². The van der Waals surface area contributed by atoms with Crippen molar-refractivity contribution in [3.63, 3.8) is 0 Å². The van der Waals surface area contributed by atoms with Gasteiger partial charge in [-0.05, 0) is 24.1 Å². The number of nitrogens with zero attached hydrogens (tertiary/aromatic N) is 2. The number of hydrogen-bond donors (Lipinski definition) is 2. The van der Waals surface area contributed by atoms with Crippen LogP contribution in [0, 0.1) is 11.7 Å². The van der Waals surface area contributed by atoms with Crippen LogP contribution in [0.4, 0.5) is 14.3 Å². The van der Waals surface area contributed by atoms with E-state index in [1.165, 1.54) is 23.5 Å². The normalized spacial score (nSPS) is 17.2. The SMILES string of the molecule is O=C(NCC1CCOC1)Nc1nnc(Cc2ccc(F)cc2)s1. The minimum absolute atomic E-state index is 0.266. The predicted octanol–water partition coefficient (Wildman–Crippen LogP) is 2.43. The molecule has 6 nitrogen and oxygen atoms in total. The summed E-state index contributed by atoms with van der Waals surface area (Å²) in [6, 6.07) is 5.95. The summed E-state index contributed by atoms with van der Waals surface area (Å²) in [4.78, 5) is 11.8. The Morgan fingerprint density at radius 1 is 1.35 bits per heavy atom. The lowest BCUT2D eigenvalue weighted by atomic mass is 10.1. The summed E-state index contributed by atoms with van der Waals surface area (Å²) in [5.41, 5.74) is 0.944. The molecule has 2 heterocycles. The van der Waals surface area contributed by atoms with Crippen molar-refractivity contribution in [3.8, 4) is 0 Å². The van der Waals surface area contributed by atoms with Gasteiger partial charge in [-0.3, -0.25) is 5.32 Å². The maximum absolute atomic E-state index is 12.9. The third-order valence-electron chi connectivity index (χ3n) is 3.53. The number of ether oxygens (including phenoxy) is 1. The molecule has 0 radical (unpaired) electrons. The van der Waals surface area contributed by atoms with Gasteiger partial charge in [0.2, 0.25) is 5.13 Å². The molecule has 1 aromatic carbocycles. The molecular formula is C15H17FN4O2S. The lowest BCUT2D eigenvalue weighted by Crippen LogP contribution is -2.33. The van der Waals surface area contributed by atoms with Gasteiger partial charge in [-0.25, -0.2) is 9.18 Å². The standard InChI is InChI=1S/C15H17FN4O2S/c16-12-3-1-10(2-4-12)7-13-19-20-15(23-13)18-14(21)17-8-11-5-6-22-9-11/h1-4,11H,5-9H2,(H2,17,18,20,21). The van der Waals surface area contributed by atoms with E-state index < -0.39 is 0 Å². The Morgan fingerprint density at radius 2 is 2.17 bits per heavy atom. The van der Waals surface area contributed by atoms with Crippen LogP contribution in [-0.2, 0) is 11.2 Å². The fourth-order valence-electron chi connectivity index (χ4n) is 2.28. The first-order chi connectivity index (χ1) is 11.2. The number of amides is 2. The molecular weight excluding hydrogens is 319 g/mol. The van der Waals surface area contributed by atoms with Crippen LogP contribution in [-0.4, -0.2) is 36.0 Å². The minimum Gasteiger partial charge on any atom is -0.381 e. The molecule has 2 amide bonds. The van der Waals surface area contributed by atoms with Crippen molar-refractivity contribution < 1.29 is 13.9 Å². The molecule has 3 rings (SSSR count). The highest BCUT2D eigenvalue weighted by Gasteiger charge is 2.16. The highest BCUT2D eigenvalue weighted by Crippen LogP contribution is 2.18. The molecule has 1 aliphatic heterocycles. The van der Waals surface area contributed by atoms with E-state index in [1.54, 1.807) is 12.1 Å². The van der Waals surface area contributed by atoms with Gasteiger partial charge in [0.15, 0.2) is 0 Å². The van der Waals surface area contributed by atoms with E-state index in [2.05, 4.69) is 20.8 Å². The number of anilines is 1. The van der Waals surface area contributed by atoms with Gasteiger partial charge in [-0.2, -0.15) is 0 Å². The molecule has 1 saturated heterocycles. The van der Waals surface area contributed by atoms with Crippen LogP contribution in [0.1, 0.15) is 17.0 Å². The van der Waals surface area contributed by atoms with Crippen LogP contribution in [0.15, 0.2) is 24.3 Å². The zero-order chi connectivity index (χ0) is 16.1. The zero-order valence-corrected chi connectivity index (χ0v) is 13.2. The molecule has 122 valence electrons. The van der Waals surface area contributed by atoms with Crippen molar-refractivity contribution in [2.24, 2.45) is 5.92 Å². The maximum Gasteiger partial charge on any atom is 0.321 e. The molecule has 0 bridgehead atoms. The molecule has 1 atom stereocenters. The van der Waals surface area contributed by atoms with Gasteiger partial charge in [0, 0.05) is 25.5 Å². The van der Waals surface area contributed by atoms with E-state index in [0.717, 1.165) is 23.6 Å². The first-order valence-electron chi connectivity index (χ1n) is 7.38. The number of urea groups is 1. The smallest absolute Gasteiger partial charge is 0.321 e. The third kappa shape index (κ3) is 4.70. The summed E-state index contributed by atoms with van der Waals surface area (Å²) in [7, 11) is 0. The molecule has 1 fully saturated rings. The van der Waals surface area contributed by atoms with Gasteiger partial charge in [0.25, 0.3) is 0 Å². The number of rotatable bonds is 5. The zero-order valence-electron chi connectivity index (χ0n) is 12.4. The Morgan fingerprint density at radius 3 is 2.91 bits per heavy atom. The molecule has 1 aliphatic rings. The number of carbonyl (C=O) groups excluding carboxylic acids is 1. The van der Waals surface area contributed by atoms with Crippen LogP contribution in [0.25, 0.3) is 0 Å². The van der Waals surface area contributed by atoms with Crippen LogP contribution in [0.5, 0.6) is 0 Å². The van der Waals surface area contributed by atoms with Gasteiger partial charge in [-0.15, -0.1) is 10.2 Å². The van der Waals surface area contributed by atoms with E-state index >= 15 is 0 Å². The van der Waals surface area contributed by atoms with Crippen LogP contribution < -0.4 is 10.6 Å². The molecule has 0 spiro atoms. The van der Waals surface area contributed by atoms with Crippen molar-refractivity contribution in [3.05, 3.63) is 40.7 Å². The Labute approximate surface area is 137 Å². The molecule has 8 heteroatoms. The first kappa shape index (κ1) is 15.8. The second kappa shape index (κ2) is 7.47. The number of nitrogens with one attached hydrogen (secondary N) is 2. The predicted molar refractivity (Wildman–Crippen MR) is 85.1 cm³/mol. The molecule has 2 aromatic rings. The van der Waals surface area contributed by atoms with Gasteiger partial charge >= 0.3 is 6.03 Å². The minimum atomic E-state index is -0.290. The maximum atomic E-state index is 12.9. The monoisotopic (exact) mass is 336 g/mol. The molecule has 1 unspecified atom stereocenters. The molecule has 0 aliphatic carbocycles. The van der Waals surface area contributed by atoms with Crippen molar-refractivity contribution in [2.75, 3.05) is 25.1 Å². The van der Waals surface area contributed by atoms with Gasteiger partial charge < -0.3 is 10.1 Å². The Hall–Kier alpha value is -2.06. The van der Waals surface area contributed by atoms with Gasteiger partial charge in [0.1, 0.15) is 10.8 Å². The largest absolute Gasteiger partial charge is 0.381 e. The van der Waals surface area contributed by atoms with E-state index in [9.17, 15) is 9.18 Å². The third-order valence-corrected chi connectivity index (χ3v) is 4.37. The Bertz CT molecular complexity index is 656. The second-order valence-corrected chi connectivity index (χ2v) is 6.43. The molecule has 2 N–H and O–H groups in total. The Balaban J connectivity index is 1.48. The van der Waals surface area contributed by atoms with Crippen LogP contribution >= 0.6 is 11.3 Å². The lowest BCUT2D eigenvalue weighted by molar-refractivity contribution is 0.185. The summed E-state index contributed by atoms with van der Waals surface area (Å²) >= 11 is 1.31. The van der Waals surface area contributed by atoms with E-state index in [-0.39, 0.29) is 11.8 Å². The second-order valence-electron chi connectivity index (χ2n) is 5.37. The molecule has 1 aromatic heterocycles. The van der Waals surface area contributed by atoms with E-state index in [1.807, 2.05) is 0 Å². The highest BCUT2D eigenvalue weighted by molar-refractivity contribution is 7.15. The fraction of sp³-hybridized carbons (Fsp3) is 0.400. The number of aromatic nitrogens is 2. The summed E-state index contributed by atoms with van der Waals surface area (Å²) in [6.07, 6.45) is 1.53. The van der Waals surface area contributed by atoms with Crippen molar-refractivity contribution >= 4 is 22.5 Å². The summed E-state index contributed by atoms with van der Waals surface area (Å²) in [5.74, 6) is 0.113. The number of benzene rings is 1. The van der Waals surface area contributed by atoms with Crippen molar-refractivity contribution in [2.45, 2.75) is 12.8 Å². The number of halogens is 1. The van der Waals surface area contributed by atoms with E-state index in [4.69, 9.17) is 4.74 Å². The molecule has 0 saturated carbocycles. The van der Waals surface area contributed by atoms with E-state index in [0.29, 0.717) is 30.6 Å². The Kier molecular flexibility index (Phi) is 5.14. The number of carbonyl (C=O) groups is 1. The van der Waals surface area contributed by atoms with Crippen LogP contribution in [0.2, 0.25) is 0 Å². The van der Waals surface area contributed by atoms with Crippen LogP contribution in [0.3, 0.4) is 0 Å². The summed E-state index contributed by atoms with van der Waals surface area (Å²) < 4.78 is 18.1. The average Bonchev–Trinajstić information content (AvgIpc) is 3.20. The van der Waals surface area contributed by atoms with Gasteiger partial charge in [-0.1, -0.05) is 23.5 Å². The molecule has 23 heavy (non-hydrogen) atoms. The fourth-order valence-corrected chi connectivity index (χ4v) is 3.04. The highest BCUT2D eigenvalue weighted by atomic mass is 32.1.